The summed E-state index contributed by atoms with van der Waals surface area (Å²) in [5.41, 5.74) is 0.182. The number of nitrogens with one attached hydrogen (secondary N) is 1. The van der Waals surface area contributed by atoms with Crippen LogP contribution in [-0.2, 0) is 14.8 Å². The average Bonchev–Trinajstić information content (AvgIpc) is 2.98. The molecule has 0 heterocycles. The van der Waals surface area contributed by atoms with Gasteiger partial charge in [0.2, 0.25) is 15.9 Å². The number of nitrogens with zero attached hydrogens (tertiary/aromatic N) is 2. The minimum atomic E-state index is -3.61. The number of alkyl halides is 2. The summed E-state index contributed by atoms with van der Waals surface area (Å²) < 4.78 is 24.7. The number of hydrogen-bond acceptors (Lipinski definition) is 4. The molecule has 1 aromatic carbocycles. The lowest BCUT2D eigenvalue weighted by Gasteiger charge is -2.21. The largest absolute Gasteiger partial charge is 0.376 e. The summed E-state index contributed by atoms with van der Waals surface area (Å²) >= 11 is 12.1. The third-order valence-corrected chi connectivity index (χ3v) is 7.15. The van der Waals surface area contributed by atoms with Gasteiger partial charge in [-0.15, -0.1) is 23.2 Å². The van der Waals surface area contributed by atoms with Crippen molar-refractivity contribution in [1.82, 2.24) is 4.31 Å². The fourth-order valence-electron chi connectivity index (χ4n) is 2.28. The highest BCUT2D eigenvalue weighted by atomic mass is 35.5. The number of halogens is 2. The highest BCUT2D eigenvalue weighted by Crippen LogP contribution is 2.64. The Bertz CT molecular complexity index is 778. The third-order valence-electron chi connectivity index (χ3n) is 4.24. The van der Waals surface area contributed by atoms with Crippen LogP contribution < -0.4 is 10.2 Å². The molecule has 6 nitrogen and oxygen atoms in total. The second-order valence-corrected chi connectivity index (χ2v) is 10.2. The Kier molecular flexibility index (Phi) is 4.87. The van der Waals surface area contributed by atoms with Crippen LogP contribution in [0.5, 0.6) is 0 Å². The second-order valence-electron chi connectivity index (χ2n) is 6.53. The molecule has 0 bridgehead atoms. The average molecular weight is 394 g/mol. The van der Waals surface area contributed by atoms with Gasteiger partial charge in [0.25, 0.3) is 0 Å². The molecule has 1 aromatic rings. The number of benzene rings is 1. The lowest BCUT2D eigenvalue weighted by Crippen LogP contribution is -2.27. The van der Waals surface area contributed by atoms with Crippen molar-refractivity contribution in [2.75, 3.05) is 38.4 Å². The number of hydrogen-bond donors (Lipinski definition) is 1. The monoisotopic (exact) mass is 393 g/mol. The van der Waals surface area contributed by atoms with E-state index in [4.69, 9.17) is 23.2 Å². The topological polar surface area (TPSA) is 69.7 Å². The van der Waals surface area contributed by atoms with Crippen LogP contribution >= 0.6 is 23.2 Å². The van der Waals surface area contributed by atoms with Gasteiger partial charge in [-0.2, -0.15) is 0 Å². The maximum absolute atomic E-state index is 12.5. The van der Waals surface area contributed by atoms with E-state index in [0.29, 0.717) is 17.8 Å². The number of sulfonamides is 1. The van der Waals surface area contributed by atoms with Crippen molar-refractivity contribution < 1.29 is 13.2 Å². The van der Waals surface area contributed by atoms with Crippen LogP contribution in [0, 0.1) is 5.41 Å². The number of carbonyl (C=O) groups is 1. The van der Waals surface area contributed by atoms with Crippen LogP contribution in [0.2, 0.25) is 0 Å². The van der Waals surface area contributed by atoms with E-state index in [1.54, 1.807) is 32.0 Å². The van der Waals surface area contributed by atoms with Gasteiger partial charge in [-0.1, -0.05) is 0 Å². The molecule has 0 spiro atoms. The SMILES string of the molecule is CN(C)c1ccc(S(=O)(=O)N(C)C)cc1NC(=O)C1(C)CC1(Cl)Cl. The maximum Gasteiger partial charge on any atom is 0.242 e. The molecular weight excluding hydrogens is 373 g/mol. The zero-order valence-electron chi connectivity index (χ0n) is 14.2. The first-order valence-electron chi connectivity index (χ1n) is 7.26. The summed E-state index contributed by atoms with van der Waals surface area (Å²) in [6.07, 6.45) is 0.349. The Hall–Kier alpha value is -1.02. The molecule has 0 aromatic heterocycles. The molecular formula is C15H21Cl2N3O3S. The van der Waals surface area contributed by atoms with Crippen LogP contribution in [0.1, 0.15) is 13.3 Å². The van der Waals surface area contributed by atoms with E-state index in [1.165, 1.54) is 26.2 Å². The van der Waals surface area contributed by atoms with Gasteiger partial charge >= 0.3 is 0 Å². The molecule has 134 valence electrons. The van der Waals surface area contributed by atoms with E-state index < -0.39 is 19.8 Å². The molecule has 1 aliphatic rings. The van der Waals surface area contributed by atoms with Crippen molar-refractivity contribution in [2.45, 2.75) is 22.6 Å². The molecule has 1 fully saturated rings. The molecule has 1 aliphatic carbocycles. The smallest absolute Gasteiger partial charge is 0.242 e. The number of amides is 1. The highest BCUT2D eigenvalue weighted by Gasteiger charge is 2.67. The summed E-state index contributed by atoms with van der Waals surface area (Å²) in [7, 11) is 2.90. The van der Waals surface area contributed by atoms with Crippen LogP contribution in [-0.4, -0.2) is 51.2 Å². The van der Waals surface area contributed by atoms with Gasteiger partial charge in [-0.3, -0.25) is 4.79 Å². The van der Waals surface area contributed by atoms with Crippen molar-refractivity contribution >= 4 is 50.5 Å². The molecule has 0 radical (unpaired) electrons. The molecule has 9 heteroatoms. The van der Waals surface area contributed by atoms with E-state index in [1.807, 2.05) is 0 Å². The summed E-state index contributed by atoms with van der Waals surface area (Å²) in [6.45, 7) is 1.68. The fraction of sp³-hybridized carbons (Fsp3) is 0.533. The minimum Gasteiger partial charge on any atom is -0.376 e. The van der Waals surface area contributed by atoms with Crippen molar-refractivity contribution in [1.29, 1.82) is 0 Å². The van der Waals surface area contributed by atoms with E-state index >= 15 is 0 Å². The molecule has 2 rings (SSSR count). The molecule has 0 saturated heterocycles. The lowest BCUT2D eigenvalue weighted by molar-refractivity contribution is -0.120. The van der Waals surface area contributed by atoms with Crippen LogP contribution in [0.4, 0.5) is 11.4 Å². The molecule has 0 aliphatic heterocycles. The van der Waals surface area contributed by atoms with Gasteiger partial charge in [0, 0.05) is 28.2 Å². The first kappa shape index (κ1) is 19.3. The van der Waals surface area contributed by atoms with Crippen molar-refractivity contribution in [3.8, 4) is 0 Å². The van der Waals surface area contributed by atoms with Gasteiger partial charge in [0.1, 0.15) is 4.33 Å². The summed E-state index contributed by atoms with van der Waals surface area (Å²) in [4.78, 5) is 14.4. The fourth-order valence-corrected chi connectivity index (χ4v) is 3.92. The summed E-state index contributed by atoms with van der Waals surface area (Å²) in [5.74, 6) is -0.338. The van der Waals surface area contributed by atoms with E-state index in [-0.39, 0.29) is 10.8 Å². The zero-order valence-corrected chi connectivity index (χ0v) is 16.6. The predicted molar refractivity (Wildman–Crippen MR) is 97.4 cm³/mol. The quantitative estimate of drug-likeness (QED) is 0.780. The van der Waals surface area contributed by atoms with Crippen molar-refractivity contribution in [3.63, 3.8) is 0 Å². The second kappa shape index (κ2) is 6.05. The van der Waals surface area contributed by atoms with Gasteiger partial charge in [-0.05, 0) is 31.5 Å². The molecule has 1 amide bonds. The number of rotatable bonds is 5. The van der Waals surface area contributed by atoms with Gasteiger partial charge in [-0.25, -0.2) is 12.7 Å². The Labute approximate surface area is 152 Å². The van der Waals surface area contributed by atoms with Crippen LogP contribution in [0.15, 0.2) is 23.1 Å². The van der Waals surface area contributed by atoms with E-state index in [9.17, 15) is 13.2 Å². The molecule has 24 heavy (non-hydrogen) atoms. The zero-order chi connectivity index (χ0) is 18.5. The first-order chi connectivity index (χ1) is 10.8. The third kappa shape index (κ3) is 3.22. The van der Waals surface area contributed by atoms with Crippen LogP contribution in [0.3, 0.4) is 0 Å². The van der Waals surface area contributed by atoms with Crippen molar-refractivity contribution in [2.24, 2.45) is 5.41 Å². The number of anilines is 2. The Morgan fingerprint density at radius 1 is 1.21 bits per heavy atom. The Morgan fingerprint density at radius 3 is 2.17 bits per heavy atom. The van der Waals surface area contributed by atoms with E-state index in [2.05, 4.69) is 5.32 Å². The Morgan fingerprint density at radius 2 is 1.75 bits per heavy atom. The van der Waals surface area contributed by atoms with Gasteiger partial charge in [0.05, 0.1) is 21.7 Å². The molecule has 1 atom stereocenters. The van der Waals surface area contributed by atoms with Gasteiger partial charge in [0.15, 0.2) is 0 Å². The first-order valence-corrected chi connectivity index (χ1v) is 9.46. The predicted octanol–water partition coefficient (Wildman–Crippen LogP) is 2.53. The molecule has 1 N–H and O–H groups in total. The van der Waals surface area contributed by atoms with Crippen molar-refractivity contribution in [3.05, 3.63) is 18.2 Å². The highest BCUT2D eigenvalue weighted by molar-refractivity contribution is 7.89. The van der Waals surface area contributed by atoms with E-state index in [0.717, 1.165) is 4.31 Å². The Balaban J connectivity index is 2.42. The normalized spacial score (nSPS) is 22.3. The maximum atomic E-state index is 12.5. The molecule has 1 unspecified atom stereocenters. The lowest BCUT2D eigenvalue weighted by atomic mass is 10.1. The standard InChI is InChI=1S/C15H21Cl2N3O3S/c1-14(9-15(14,16)17)13(21)18-11-8-10(24(22,23)20(4)5)6-7-12(11)19(2)3/h6-8H,9H2,1-5H3,(H,18,21). The number of carbonyl (C=O) groups excluding carboxylic acids is 1. The minimum absolute atomic E-state index is 0.0948. The van der Waals surface area contributed by atoms with Gasteiger partial charge < -0.3 is 10.2 Å². The van der Waals surface area contributed by atoms with Crippen LogP contribution in [0.25, 0.3) is 0 Å². The summed E-state index contributed by atoms with van der Waals surface area (Å²) in [6, 6.07) is 4.60. The summed E-state index contributed by atoms with van der Waals surface area (Å²) in [5, 5.41) is 2.77. The molecule has 1 saturated carbocycles.